The molecule has 208 valence electrons. The lowest BCUT2D eigenvalue weighted by Crippen LogP contribution is -2.50. The van der Waals surface area contributed by atoms with Crippen molar-refractivity contribution in [2.75, 3.05) is 38.3 Å². The van der Waals surface area contributed by atoms with Crippen LogP contribution in [0, 0.1) is 17.2 Å². The van der Waals surface area contributed by atoms with E-state index in [9.17, 15) is 9.59 Å². The van der Waals surface area contributed by atoms with E-state index in [0.717, 1.165) is 63.9 Å². The first kappa shape index (κ1) is 26.9. The molecule has 1 aromatic rings. The molecule has 4 aliphatic rings. The van der Waals surface area contributed by atoms with E-state index >= 15 is 0 Å². The lowest BCUT2D eigenvalue weighted by molar-refractivity contribution is -0.131. The van der Waals surface area contributed by atoms with E-state index in [-0.39, 0.29) is 23.8 Å². The van der Waals surface area contributed by atoms with Gasteiger partial charge in [-0.05, 0) is 56.1 Å². The van der Waals surface area contributed by atoms with Crippen LogP contribution in [0.4, 0.5) is 5.82 Å². The van der Waals surface area contributed by atoms with Crippen LogP contribution in [0.15, 0.2) is 18.3 Å². The second kappa shape index (κ2) is 12.0. The number of nitrogens with zero attached hydrogens (tertiary/aromatic N) is 3. The Balaban J connectivity index is 1.19. The highest BCUT2D eigenvalue weighted by molar-refractivity contribution is 6.07. The normalized spacial score (nSPS) is 28.9. The highest BCUT2D eigenvalue weighted by Gasteiger charge is 2.49. The van der Waals surface area contributed by atoms with Gasteiger partial charge in [0.25, 0.3) is 11.8 Å². The van der Waals surface area contributed by atoms with Crippen molar-refractivity contribution in [1.29, 1.82) is 5.41 Å². The number of anilines is 1. The van der Waals surface area contributed by atoms with Gasteiger partial charge in [0.05, 0.1) is 18.8 Å². The number of rotatable bonds is 8. The van der Waals surface area contributed by atoms with Crippen LogP contribution in [0.2, 0.25) is 0 Å². The molecule has 1 aromatic heterocycles. The SMILES string of the molecule is CN1C(=N)N[C@](CCC2CCCCC2)(C[C@H]2CCCC(NC(=O)c3ccc(N4CCOCC4)nc3)C2)C1=O. The van der Waals surface area contributed by atoms with Gasteiger partial charge in [0.1, 0.15) is 11.4 Å². The van der Waals surface area contributed by atoms with Crippen LogP contribution >= 0.6 is 0 Å². The van der Waals surface area contributed by atoms with Gasteiger partial charge in [0, 0.05) is 32.4 Å². The Bertz CT molecular complexity index is 989. The molecule has 3 heterocycles. The third kappa shape index (κ3) is 6.14. The molecule has 0 bridgehead atoms. The predicted molar refractivity (Wildman–Crippen MR) is 147 cm³/mol. The fraction of sp³-hybridized carbons (Fsp3) is 0.724. The van der Waals surface area contributed by atoms with Gasteiger partial charge in [0.2, 0.25) is 0 Å². The zero-order valence-electron chi connectivity index (χ0n) is 22.8. The Kier molecular flexibility index (Phi) is 8.51. The molecule has 0 spiro atoms. The van der Waals surface area contributed by atoms with E-state index in [4.69, 9.17) is 10.1 Å². The molecule has 5 rings (SSSR count). The first-order valence-corrected chi connectivity index (χ1v) is 14.7. The zero-order chi connectivity index (χ0) is 26.5. The summed E-state index contributed by atoms with van der Waals surface area (Å²) >= 11 is 0. The molecule has 3 N–H and O–H groups in total. The van der Waals surface area contributed by atoms with Gasteiger partial charge in [-0.2, -0.15) is 0 Å². The number of carbonyl (C=O) groups excluding carboxylic acids is 2. The summed E-state index contributed by atoms with van der Waals surface area (Å²) in [6, 6.07) is 3.86. The summed E-state index contributed by atoms with van der Waals surface area (Å²) < 4.78 is 5.41. The fourth-order valence-electron chi connectivity index (χ4n) is 6.99. The van der Waals surface area contributed by atoms with Crippen LogP contribution in [-0.2, 0) is 9.53 Å². The third-order valence-electron chi connectivity index (χ3n) is 9.21. The third-order valence-corrected chi connectivity index (χ3v) is 9.21. The molecule has 9 heteroatoms. The van der Waals surface area contributed by atoms with Gasteiger partial charge in [-0.3, -0.25) is 19.9 Å². The van der Waals surface area contributed by atoms with Gasteiger partial charge in [-0.15, -0.1) is 0 Å². The summed E-state index contributed by atoms with van der Waals surface area (Å²) in [6.07, 6.45) is 14.6. The van der Waals surface area contributed by atoms with Gasteiger partial charge in [-0.1, -0.05) is 44.9 Å². The minimum atomic E-state index is -0.681. The van der Waals surface area contributed by atoms with Crippen molar-refractivity contribution in [3.8, 4) is 0 Å². The Hall–Kier alpha value is -2.68. The van der Waals surface area contributed by atoms with Crippen molar-refractivity contribution < 1.29 is 14.3 Å². The zero-order valence-corrected chi connectivity index (χ0v) is 22.8. The number of pyridine rings is 1. The summed E-state index contributed by atoms with van der Waals surface area (Å²) in [5.41, 5.74) is -0.102. The van der Waals surface area contributed by atoms with Crippen LogP contribution in [0.5, 0.6) is 0 Å². The molecule has 3 atom stereocenters. The standard InChI is InChI=1S/C29H44N6O3/c1-34-27(37)29(33-28(34)30,13-12-21-6-3-2-4-7-21)19-22-8-5-9-24(18-22)32-26(36)23-10-11-25(31-20-23)35-14-16-38-17-15-35/h10-11,20-22,24H,2-9,12-19H2,1H3,(H2,30,33)(H,32,36)/t22-,24?,29+/m0/s1. The number of likely N-dealkylation sites (N-methyl/N-ethyl adjacent to an activating group) is 1. The molecule has 2 saturated carbocycles. The fourth-order valence-corrected chi connectivity index (χ4v) is 6.99. The van der Waals surface area contributed by atoms with E-state index in [2.05, 4.69) is 20.5 Å². The number of morpholine rings is 1. The molecule has 0 radical (unpaired) electrons. The van der Waals surface area contributed by atoms with Crippen molar-refractivity contribution in [3.05, 3.63) is 23.9 Å². The molecular formula is C29H44N6O3. The second-order valence-corrected chi connectivity index (χ2v) is 11.9. The van der Waals surface area contributed by atoms with Gasteiger partial charge < -0.3 is 20.3 Å². The molecule has 4 fully saturated rings. The number of hydrogen-bond acceptors (Lipinski definition) is 6. The highest BCUT2D eigenvalue weighted by Crippen LogP contribution is 2.38. The summed E-state index contributed by atoms with van der Waals surface area (Å²) in [5, 5.41) is 14.9. The molecule has 2 aliphatic carbocycles. The maximum absolute atomic E-state index is 13.4. The minimum absolute atomic E-state index is 0.0379. The van der Waals surface area contributed by atoms with E-state index in [1.165, 1.54) is 37.0 Å². The summed E-state index contributed by atoms with van der Waals surface area (Å²) in [7, 11) is 1.71. The van der Waals surface area contributed by atoms with E-state index in [1.807, 2.05) is 12.1 Å². The number of carbonyl (C=O) groups is 2. The number of guanidine groups is 1. The maximum Gasteiger partial charge on any atom is 0.254 e. The number of ether oxygens (including phenoxy) is 1. The summed E-state index contributed by atoms with van der Waals surface area (Å²) in [4.78, 5) is 34.6. The first-order chi connectivity index (χ1) is 18.4. The topological polar surface area (TPSA) is 111 Å². The monoisotopic (exact) mass is 524 g/mol. The Morgan fingerprint density at radius 2 is 1.89 bits per heavy atom. The van der Waals surface area contributed by atoms with Crippen molar-refractivity contribution in [3.63, 3.8) is 0 Å². The average molecular weight is 525 g/mol. The number of hydrogen-bond donors (Lipinski definition) is 3. The summed E-state index contributed by atoms with van der Waals surface area (Å²) in [6.45, 7) is 3.04. The molecule has 1 unspecified atom stereocenters. The van der Waals surface area contributed by atoms with Crippen molar-refractivity contribution in [2.45, 2.75) is 88.6 Å². The Morgan fingerprint density at radius 3 is 2.58 bits per heavy atom. The largest absolute Gasteiger partial charge is 0.378 e. The molecule has 2 aliphatic heterocycles. The quantitative estimate of drug-likeness (QED) is 0.478. The molecule has 0 aromatic carbocycles. The number of nitrogens with one attached hydrogen (secondary N) is 3. The lowest BCUT2D eigenvalue weighted by atomic mass is 9.74. The average Bonchev–Trinajstić information content (AvgIpc) is 3.16. The van der Waals surface area contributed by atoms with Gasteiger partial charge in [0.15, 0.2) is 5.96 Å². The molecule has 9 nitrogen and oxygen atoms in total. The van der Waals surface area contributed by atoms with Crippen LogP contribution in [-0.4, -0.2) is 72.6 Å². The van der Waals surface area contributed by atoms with Gasteiger partial charge >= 0.3 is 0 Å². The lowest BCUT2D eigenvalue weighted by Gasteiger charge is -2.36. The van der Waals surface area contributed by atoms with E-state index < -0.39 is 5.54 Å². The van der Waals surface area contributed by atoms with Crippen molar-refractivity contribution in [1.82, 2.24) is 20.5 Å². The molecule has 38 heavy (non-hydrogen) atoms. The van der Waals surface area contributed by atoms with Gasteiger partial charge in [-0.25, -0.2) is 4.98 Å². The van der Waals surface area contributed by atoms with Crippen molar-refractivity contribution >= 4 is 23.6 Å². The molecular weight excluding hydrogens is 480 g/mol. The van der Waals surface area contributed by atoms with E-state index in [0.29, 0.717) is 30.6 Å². The maximum atomic E-state index is 13.4. The molecule has 2 saturated heterocycles. The van der Waals surface area contributed by atoms with Crippen LogP contribution in [0.25, 0.3) is 0 Å². The minimum Gasteiger partial charge on any atom is -0.378 e. The number of aromatic nitrogens is 1. The van der Waals surface area contributed by atoms with Crippen molar-refractivity contribution in [2.24, 2.45) is 11.8 Å². The smallest absolute Gasteiger partial charge is 0.254 e. The van der Waals surface area contributed by atoms with Crippen LogP contribution in [0.1, 0.15) is 87.4 Å². The highest BCUT2D eigenvalue weighted by atomic mass is 16.5. The summed E-state index contributed by atoms with van der Waals surface area (Å²) in [5.74, 6) is 2.07. The van der Waals surface area contributed by atoms with Crippen LogP contribution in [0.3, 0.4) is 0 Å². The first-order valence-electron chi connectivity index (χ1n) is 14.7. The Morgan fingerprint density at radius 1 is 1.13 bits per heavy atom. The van der Waals surface area contributed by atoms with Crippen LogP contribution < -0.4 is 15.5 Å². The van der Waals surface area contributed by atoms with E-state index in [1.54, 1.807) is 13.2 Å². The second-order valence-electron chi connectivity index (χ2n) is 11.9. The molecule has 2 amide bonds. The number of amides is 2. The Labute approximate surface area is 226 Å². The predicted octanol–water partition coefficient (Wildman–Crippen LogP) is 3.69.